The Morgan fingerprint density at radius 2 is 1.52 bits per heavy atom. The van der Waals surface area contributed by atoms with E-state index in [1.54, 1.807) is 4.90 Å². The summed E-state index contributed by atoms with van der Waals surface area (Å²) in [5.41, 5.74) is -0.372. The zero-order chi connectivity index (χ0) is 23.3. The zero-order valence-corrected chi connectivity index (χ0v) is 22.2. The van der Waals surface area contributed by atoms with Crippen molar-refractivity contribution in [2.75, 3.05) is 13.1 Å². The molecule has 2 atom stereocenters. The first-order chi connectivity index (χ1) is 13.5. The SMILES string of the molecule is CC1CCN(C(=O)OC(C)(C)C)C1.CCC.CCCC.CCCCCC(C)CC. The van der Waals surface area contributed by atoms with Gasteiger partial charge in [-0.1, -0.05) is 107 Å². The van der Waals surface area contributed by atoms with Crippen LogP contribution in [0, 0.1) is 11.8 Å². The molecular weight excluding hydrogens is 358 g/mol. The quantitative estimate of drug-likeness (QED) is 0.405. The first-order valence-corrected chi connectivity index (χ1v) is 12.5. The highest BCUT2D eigenvalue weighted by Crippen LogP contribution is 2.18. The molecule has 1 rings (SSSR count). The van der Waals surface area contributed by atoms with Gasteiger partial charge in [0.1, 0.15) is 5.60 Å². The van der Waals surface area contributed by atoms with Gasteiger partial charge in [-0.2, -0.15) is 0 Å². The second kappa shape index (κ2) is 22.0. The Hall–Kier alpha value is -0.730. The van der Waals surface area contributed by atoms with Crippen LogP contribution in [-0.2, 0) is 4.74 Å². The molecule has 0 spiro atoms. The molecule has 29 heavy (non-hydrogen) atoms. The molecule has 0 bridgehead atoms. The fraction of sp³-hybridized carbons (Fsp3) is 0.962. The highest BCUT2D eigenvalue weighted by molar-refractivity contribution is 5.68. The van der Waals surface area contributed by atoms with E-state index in [9.17, 15) is 4.79 Å². The van der Waals surface area contributed by atoms with E-state index in [0.29, 0.717) is 5.92 Å². The average molecular weight is 416 g/mol. The number of unbranched alkanes of at least 4 members (excludes halogenated alkanes) is 3. The van der Waals surface area contributed by atoms with Crippen LogP contribution < -0.4 is 0 Å². The third kappa shape index (κ3) is 27.3. The molecule has 0 N–H and O–H groups in total. The molecular formula is C26H57NO2. The highest BCUT2D eigenvalue weighted by atomic mass is 16.6. The van der Waals surface area contributed by atoms with Crippen molar-refractivity contribution in [3.63, 3.8) is 0 Å². The number of hydrogen-bond donors (Lipinski definition) is 0. The molecule has 1 amide bonds. The average Bonchev–Trinajstić information content (AvgIpc) is 3.08. The fourth-order valence-electron chi connectivity index (χ4n) is 2.37. The highest BCUT2D eigenvalue weighted by Gasteiger charge is 2.27. The van der Waals surface area contributed by atoms with Gasteiger partial charge in [-0.05, 0) is 39.0 Å². The Balaban J connectivity index is -0.000000366. The van der Waals surface area contributed by atoms with Gasteiger partial charge in [-0.15, -0.1) is 0 Å². The molecule has 0 saturated carbocycles. The lowest BCUT2D eigenvalue weighted by Gasteiger charge is -2.24. The number of ether oxygens (including phenoxy) is 1. The van der Waals surface area contributed by atoms with Crippen LogP contribution in [0.15, 0.2) is 0 Å². The summed E-state index contributed by atoms with van der Waals surface area (Å²) in [5, 5.41) is 0. The van der Waals surface area contributed by atoms with Crippen molar-refractivity contribution < 1.29 is 9.53 Å². The van der Waals surface area contributed by atoms with Gasteiger partial charge in [0.15, 0.2) is 0 Å². The lowest BCUT2D eigenvalue weighted by Crippen LogP contribution is -2.35. The molecule has 3 nitrogen and oxygen atoms in total. The number of carbonyl (C=O) groups excluding carboxylic acids is 1. The zero-order valence-electron chi connectivity index (χ0n) is 22.2. The molecule has 2 unspecified atom stereocenters. The van der Waals surface area contributed by atoms with E-state index in [4.69, 9.17) is 4.74 Å². The summed E-state index contributed by atoms with van der Waals surface area (Å²) in [6, 6.07) is 0. The summed E-state index contributed by atoms with van der Waals surface area (Å²) in [4.78, 5) is 13.3. The van der Waals surface area contributed by atoms with E-state index in [0.717, 1.165) is 25.4 Å². The number of likely N-dealkylation sites (tertiary alicyclic amines) is 1. The molecule has 1 aliphatic rings. The first kappa shape index (κ1) is 32.9. The van der Waals surface area contributed by atoms with Gasteiger partial charge < -0.3 is 9.64 Å². The third-order valence-corrected chi connectivity index (χ3v) is 4.57. The smallest absolute Gasteiger partial charge is 0.410 e. The Kier molecular flexibility index (Phi) is 24.9. The Bertz CT molecular complexity index is 334. The Morgan fingerprint density at radius 1 is 1.00 bits per heavy atom. The second-order valence-corrected chi connectivity index (χ2v) is 9.54. The van der Waals surface area contributed by atoms with Gasteiger partial charge in [0.25, 0.3) is 0 Å². The lowest BCUT2D eigenvalue weighted by molar-refractivity contribution is 0.0289. The van der Waals surface area contributed by atoms with Gasteiger partial charge in [-0.3, -0.25) is 0 Å². The number of rotatable bonds is 6. The van der Waals surface area contributed by atoms with Crippen molar-refractivity contribution in [2.24, 2.45) is 11.8 Å². The molecule has 1 aliphatic heterocycles. The maximum Gasteiger partial charge on any atom is 0.410 e. The molecule has 1 saturated heterocycles. The van der Waals surface area contributed by atoms with E-state index < -0.39 is 0 Å². The van der Waals surface area contributed by atoms with Crippen LogP contribution in [0.5, 0.6) is 0 Å². The predicted octanol–water partition coefficient (Wildman–Crippen LogP) is 9.10. The summed E-state index contributed by atoms with van der Waals surface area (Å²) in [5.74, 6) is 1.57. The summed E-state index contributed by atoms with van der Waals surface area (Å²) in [6.45, 7) is 25.0. The van der Waals surface area contributed by atoms with E-state index >= 15 is 0 Å². The van der Waals surface area contributed by atoms with E-state index in [-0.39, 0.29) is 11.7 Å². The van der Waals surface area contributed by atoms with Gasteiger partial charge in [0.2, 0.25) is 0 Å². The molecule has 0 aromatic heterocycles. The van der Waals surface area contributed by atoms with Crippen LogP contribution in [0.2, 0.25) is 0 Å². The normalized spacial score (nSPS) is 16.4. The maximum absolute atomic E-state index is 11.5. The van der Waals surface area contributed by atoms with Crippen molar-refractivity contribution in [1.82, 2.24) is 4.90 Å². The van der Waals surface area contributed by atoms with Crippen LogP contribution >= 0.6 is 0 Å². The lowest BCUT2D eigenvalue weighted by atomic mass is 10.0. The summed E-state index contributed by atoms with van der Waals surface area (Å²) in [6.07, 6.45) is 11.8. The number of carbonyl (C=O) groups is 1. The number of amides is 1. The van der Waals surface area contributed by atoms with Crippen molar-refractivity contribution in [1.29, 1.82) is 0 Å². The molecule has 3 heteroatoms. The van der Waals surface area contributed by atoms with Gasteiger partial charge in [0.05, 0.1) is 0 Å². The Morgan fingerprint density at radius 3 is 1.83 bits per heavy atom. The van der Waals surface area contributed by atoms with Crippen LogP contribution in [0.1, 0.15) is 134 Å². The molecule has 178 valence electrons. The van der Waals surface area contributed by atoms with Crippen molar-refractivity contribution in [3.8, 4) is 0 Å². The molecule has 0 radical (unpaired) electrons. The number of nitrogens with zero attached hydrogens (tertiary/aromatic N) is 1. The summed E-state index contributed by atoms with van der Waals surface area (Å²) in [7, 11) is 0. The monoisotopic (exact) mass is 415 g/mol. The van der Waals surface area contributed by atoms with Crippen LogP contribution in [0.3, 0.4) is 0 Å². The maximum atomic E-state index is 11.5. The second-order valence-electron chi connectivity index (χ2n) is 9.54. The minimum Gasteiger partial charge on any atom is -0.444 e. The topological polar surface area (TPSA) is 29.5 Å². The largest absolute Gasteiger partial charge is 0.444 e. The molecule has 0 aliphatic carbocycles. The third-order valence-electron chi connectivity index (χ3n) is 4.57. The van der Waals surface area contributed by atoms with E-state index in [1.165, 1.54) is 51.4 Å². The van der Waals surface area contributed by atoms with Crippen molar-refractivity contribution >= 4 is 6.09 Å². The van der Waals surface area contributed by atoms with Gasteiger partial charge in [-0.25, -0.2) is 4.79 Å². The molecule has 1 heterocycles. The van der Waals surface area contributed by atoms with Crippen molar-refractivity contribution in [2.45, 2.75) is 140 Å². The predicted molar refractivity (Wildman–Crippen MR) is 132 cm³/mol. The summed E-state index contributed by atoms with van der Waals surface area (Å²) >= 11 is 0. The van der Waals surface area contributed by atoms with Crippen LogP contribution in [-0.4, -0.2) is 29.7 Å². The minimum absolute atomic E-state index is 0.170. The Labute approximate surface area is 185 Å². The van der Waals surface area contributed by atoms with Crippen LogP contribution in [0.4, 0.5) is 4.79 Å². The fourth-order valence-corrected chi connectivity index (χ4v) is 2.37. The summed E-state index contributed by atoms with van der Waals surface area (Å²) < 4.78 is 5.26. The molecule has 1 fully saturated rings. The van der Waals surface area contributed by atoms with Crippen LogP contribution in [0.25, 0.3) is 0 Å². The minimum atomic E-state index is -0.372. The van der Waals surface area contributed by atoms with Gasteiger partial charge >= 0.3 is 6.09 Å². The van der Waals surface area contributed by atoms with E-state index in [2.05, 4.69) is 55.4 Å². The molecule has 0 aromatic carbocycles. The molecule has 0 aromatic rings. The van der Waals surface area contributed by atoms with Gasteiger partial charge in [0, 0.05) is 13.1 Å². The van der Waals surface area contributed by atoms with Crippen molar-refractivity contribution in [3.05, 3.63) is 0 Å². The number of hydrogen-bond acceptors (Lipinski definition) is 2. The standard InChI is InChI=1S/C10H19NO2.C9H20.C4H10.C3H8/c1-8-5-6-11(7-8)9(12)13-10(2,3)4;1-4-6-7-8-9(3)5-2;1-3-4-2;1-3-2/h8H,5-7H2,1-4H3;9H,4-8H2,1-3H3;3-4H2,1-2H3;3H2,1-2H3. The van der Waals surface area contributed by atoms with E-state index in [1.807, 2.05) is 20.8 Å². The first-order valence-electron chi connectivity index (χ1n) is 12.5.